The van der Waals surface area contributed by atoms with E-state index in [1.165, 1.54) is 6.92 Å². The number of H-pyrrole nitrogens is 1. The van der Waals surface area contributed by atoms with Crippen LogP contribution in [0.1, 0.15) is 25.3 Å². The Bertz CT molecular complexity index is 1430. The lowest BCUT2D eigenvalue weighted by molar-refractivity contribution is -0.193. The van der Waals surface area contributed by atoms with Crippen LogP contribution in [0.3, 0.4) is 0 Å². The molecule has 0 aliphatic carbocycles. The number of carbonyl (C=O) groups is 3. The topological polar surface area (TPSA) is 165 Å². The summed E-state index contributed by atoms with van der Waals surface area (Å²) < 4.78 is 70.7. The number of anilines is 1. The maximum atomic E-state index is 13.1. The molecule has 252 valence electrons. The van der Waals surface area contributed by atoms with Crippen LogP contribution in [0, 0.1) is 0 Å². The van der Waals surface area contributed by atoms with Gasteiger partial charge in [-0.15, -0.1) is 0 Å². The van der Waals surface area contributed by atoms with Crippen molar-refractivity contribution < 1.29 is 60.8 Å². The van der Waals surface area contributed by atoms with Crippen LogP contribution in [0.25, 0.3) is 11.1 Å². The quantitative estimate of drug-likeness (QED) is 0.209. The molecule has 1 saturated heterocycles. The molecule has 2 aromatic carbocycles. The normalized spacial score (nSPS) is 15.3. The Kier molecular flexibility index (Phi) is 13.1. The average molecular weight is 727 g/mol. The van der Waals surface area contributed by atoms with Crippen LogP contribution in [0.5, 0.6) is 5.75 Å². The lowest BCUT2D eigenvalue weighted by Gasteiger charge is -2.30. The predicted molar refractivity (Wildman–Crippen MR) is 155 cm³/mol. The Hall–Kier alpha value is -4.16. The van der Waals surface area contributed by atoms with Gasteiger partial charge in [-0.05, 0) is 62.2 Å². The number of halogens is 7. The molecule has 1 fully saturated rings. The maximum Gasteiger partial charge on any atom is 0.490 e. The van der Waals surface area contributed by atoms with Crippen molar-refractivity contribution >= 4 is 39.5 Å². The maximum absolute atomic E-state index is 13.1. The van der Waals surface area contributed by atoms with Gasteiger partial charge < -0.3 is 30.3 Å². The van der Waals surface area contributed by atoms with Crippen molar-refractivity contribution in [1.82, 2.24) is 15.1 Å². The smallest absolute Gasteiger partial charge is 0.488 e. The molecular weight excluding hydrogens is 698 g/mol. The van der Waals surface area contributed by atoms with Crippen molar-refractivity contribution in [2.24, 2.45) is 0 Å². The van der Waals surface area contributed by atoms with Gasteiger partial charge in [0.2, 0.25) is 0 Å². The zero-order chi connectivity index (χ0) is 34.9. The number of ether oxygens (including phenoxy) is 1. The molecule has 0 spiro atoms. The lowest BCUT2D eigenvalue weighted by atomic mass is 9.95. The summed E-state index contributed by atoms with van der Waals surface area (Å²) >= 11 is 3.38. The van der Waals surface area contributed by atoms with Gasteiger partial charge in [0.1, 0.15) is 11.9 Å². The highest BCUT2D eigenvalue weighted by Crippen LogP contribution is 2.34. The molecule has 11 nitrogen and oxygen atoms in total. The number of nitrogens with zero attached hydrogens (tertiary/aromatic N) is 2. The van der Waals surface area contributed by atoms with E-state index in [9.17, 15) is 36.2 Å². The Morgan fingerprint density at radius 1 is 0.957 bits per heavy atom. The number of aromatic nitrogens is 2. The van der Waals surface area contributed by atoms with Crippen LogP contribution in [0.15, 0.2) is 59.3 Å². The highest BCUT2D eigenvalue weighted by atomic mass is 79.9. The number of carboxylic acid groups (broad SMARTS) is 2. The van der Waals surface area contributed by atoms with Gasteiger partial charge in [0.05, 0.1) is 11.9 Å². The van der Waals surface area contributed by atoms with Crippen molar-refractivity contribution in [3.63, 3.8) is 0 Å². The van der Waals surface area contributed by atoms with E-state index in [0.29, 0.717) is 17.0 Å². The number of carbonyl (C=O) groups excluding carboxylic acids is 1. The number of benzene rings is 2. The zero-order valence-corrected chi connectivity index (χ0v) is 25.7. The summed E-state index contributed by atoms with van der Waals surface area (Å²) in [6, 6.07) is 12.7. The van der Waals surface area contributed by atoms with Gasteiger partial charge in [-0.3, -0.25) is 9.89 Å². The van der Waals surface area contributed by atoms with Crippen molar-refractivity contribution in [2.75, 3.05) is 25.5 Å². The number of hydrogen-bond acceptors (Lipinski definition) is 7. The minimum atomic E-state index is -5.08. The van der Waals surface area contributed by atoms with Gasteiger partial charge >= 0.3 is 24.3 Å². The summed E-state index contributed by atoms with van der Waals surface area (Å²) in [5, 5.41) is 34.9. The summed E-state index contributed by atoms with van der Waals surface area (Å²) in [5.74, 6) is -5.46. The summed E-state index contributed by atoms with van der Waals surface area (Å²) in [5.41, 5.74) is 1.19. The monoisotopic (exact) mass is 726 g/mol. The number of piperidine rings is 1. The number of rotatable bonds is 6. The van der Waals surface area contributed by atoms with Crippen LogP contribution in [-0.2, 0) is 20.0 Å². The Morgan fingerprint density at radius 3 is 1.93 bits per heavy atom. The van der Waals surface area contributed by atoms with Crippen LogP contribution < -0.4 is 10.1 Å². The molecule has 0 bridgehead atoms. The first-order valence-electron chi connectivity index (χ1n) is 13.1. The van der Waals surface area contributed by atoms with Crippen LogP contribution in [-0.4, -0.2) is 86.9 Å². The van der Waals surface area contributed by atoms with E-state index in [1.807, 2.05) is 24.4 Å². The summed E-state index contributed by atoms with van der Waals surface area (Å²) in [7, 11) is 2.10. The number of nitrogens with one attached hydrogen (secondary N) is 2. The second-order valence-electron chi connectivity index (χ2n) is 9.96. The Balaban J connectivity index is 0.000000440. The molecule has 18 heteroatoms. The average Bonchev–Trinajstić information content (AvgIpc) is 3.50. The Labute approximate surface area is 266 Å². The number of alkyl halides is 6. The molecule has 2 heterocycles. The molecule has 3 aromatic rings. The van der Waals surface area contributed by atoms with Crippen molar-refractivity contribution in [1.29, 1.82) is 0 Å². The molecule has 4 rings (SSSR count). The van der Waals surface area contributed by atoms with Gasteiger partial charge in [-0.2, -0.15) is 31.4 Å². The first-order chi connectivity index (χ1) is 21.2. The standard InChI is InChI=1S/C24H27BrN4O3.2C2HF3O2/c1-24(31,18-4-6-19(25)7-5-18)23(30)28-21-8-3-16(17-14-26-27-15-17)13-22(21)32-20-9-11-29(2)12-10-20;2*3-2(4,5)1(6)7/h3-8,13-15,20,31H,9-12H2,1-2H3,(H,26,27)(H,28,30);2*(H,6,7)/t24-;;/m1../s1. The highest BCUT2D eigenvalue weighted by molar-refractivity contribution is 9.10. The first-order valence-corrected chi connectivity index (χ1v) is 13.9. The molecule has 1 amide bonds. The molecule has 1 aliphatic rings. The van der Waals surface area contributed by atoms with E-state index in [2.05, 4.69) is 43.4 Å². The number of aliphatic carboxylic acids is 2. The van der Waals surface area contributed by atoms with Crippen molar-refractivity contribution in [3.05, 3.63) is 64.9 Å². The number of aromatic amines is 1. The van der Waals surface area contributed by atoms with Crippen LogP contribution in [0.2, 0.25) is 0 Å². The van der Waals surface area contributed by atoms with Gasteiger partial charge in [-0.25, -0.2) is 9.59 Å². The second-order valence-corrected chi connectivity index (χ2v) is 10.9. The lowest BCUT2D eigenvalue weighted by Crippen LogP contribution is -2.38. The van der Waals surface area contributed by atoms with Crippen LogP contribution >= 0.6 is 15.9 Å². The summed E-state index contributed by atoms with van der Waals surface area (Å²) in [6.07, 6.45) is -4.72. The van der Waals surface area contributed by atoms with E-state index >= 15 is 0 Å². The molecular formula is C28H29BrF6N4O7. The number of likely N-dealkylation sites (tertiary alicyclic amines) is 1. The minimum absolute atomic E-state index is 0.0634. The van der Waals surface area contributed by atoms with E-state index in [-0.39, 0.29) is 6.10 Å². The van der Waals surface area contributed by atoms with Gasteiger partial charge in [0, 0.05) is 29.3 Å². The van der Waals surface area contributed by atoms with E-state index in [0.717, 1.165) is 41.5 Å². The predicted octanol–water partition coefficient (Wildman–Crippen LogP) is 5.43. The SMILES string of the molecule is CN1CCC(Oc2cc(-c3cn[nH]c3)ccc2NC(=O)[C@](C)(O)c2ccc(Br)cc2)CC1.O=C(O)C(F)(F)F.O=C(O)C(F)(F)F. The third-order valence-corrected chi connectivity index (χ3v) is 6.88. The molecule has 0 radical (unpaired) electrons. The third-order valence-electron chi connectivity index (χ3n) is 6.35. The third kappa shape index (κ3) is 11.6. The molecule has 5 N–H and O–H groups in total. The molecule has 0 unspecified atom stereocenters. The molecule has 1 aliphatic heterocycles. The molecule has 46 heavy (non-hydrogen) atoms. The van der Waals surface area contributed by atoms with E-state index < -0.39 is 35.8 Å². The molecule has 1 atom stereocenters. The highest BCUT2D eigenvalue weighted by Gasteiger charge is 2.39. The fraction of sp³-hybridized carbons (Fsp3) is 0.357. The van der Waals surface area contributed by atoms with Gasteiger partial charge in [0.25, 0.3) is 5.91 Å². The largest absolute Gasteiger partial charge is 0.490 e. The van der Waals surface area contributed by atoms with Crippen molar-refractivity contribution in [2.45, 2.75) is 43.8 Å². The summed E-state index contributed by atoms with van der Waals surface area (Å²) in [6.45, 7) is 3.42. The van der Waals surface area contributed by atoms with E-state index in [4.69, 9.17) is 24.5 Å². The number of amides is 1. The van der Waals surface area contributed by atoms with Crippen molar-refractivity contribution in [3.8, 4) is 16.9 Å². The van der Waals surface area contributed by atoms with Gasteiger partial charge in [-0.1, -0.05) is 34.1 Å². The summed E-state index contributed by atoms with van der Waals surface area (Å²) in [4.78, 5) is 33.1. The molecule has 0 saturated carbocycles. The van der Waals surface area contributed by atoms with Gasteiger partial charge in [0.15, 0.2) is 5.60 Å². The second kappa shape index (κ2) is 15.9. The fourth-order valence-corrected chi connectivity index (χ4v) is 4.01. The molecule has 1 aromatic heterocycles. The van der Waals surface area contributed by atoms with E-state index in [1.54, 1.807) is 30.5 Å². The fourth-order valence-electron chi connectivity index (χ4n) is 3.74. The Morgan fingerprint density at radius 2 is 1.48 bits per heavy atom. The first kappa shape index (κ1) is 38.0. The van der Waals surface area contributed by atoms with Crippen LogP contribution in [0.4, 0.5) is 32.0 Å². The number of carboxylic acids is 2. The number of hydrogen-bond donors (Lipinski definition) is 5. The minimum Gasteiger partial charge on any atom is -0.488 e. The number of aliphatic hydroxyl groups is 1. The zero-order valence-electron chi connectivity index (χ0n) is 24.1.